The normalized spacial score (nSPS) is 16.2. The summed E-state index contributed by atoms with van der Waals surface area (Å²) in [5.41, 5.74) is 2.48. The standard InChI is InChI=1S/C23H28ClFN4OS/c1-28(2)14-17(11-15-6-4-7-16(25)10-15)29(3)23(30)21-12-18-20(31-21)8-5-9-27-22(18)19(24)13-26/h4,6-7,10,12-13,17,26-27H,5,8-9,11,14H2,1-3H3/b22-19+,26-13?. The second-order valence-electron chi connectivity index (χ2n) is 8.01. The molecule has 31 heavy (non-hydrogen) atoms. The molecule has 1 amide bonds. The molecule has 1 aliphatic rings. The van der Waals surface area contributed by atoms with Crippen molar-refractivity contribution in [1.29, 1.82) is 5.41 Å². The molecule has 0 saturated heterocycles. The Morgan fingerprint density at radius 3 is 2.81 bits per heavy atom. The smallest absolute Gasteiger partial charge is 0.263 e. The number of hydrogen-bond acceptors (Lipinski definition) is 5. The van der Waals surface area contributed by atoms with E-state index in [4.69, 9.17) is 17.0 Å². The number of carbonyl (C=O) groups excluding carboxylic acids is 1. The van der Waals surface area contributed by atoms with Crippen molar-refractivity contribution in [3.05, 3.63) is 62.1 Å². The van der Waals surface area contributed by atoms with E-state index < -0.39 is 0 Å². The first-order valence-corrected chi connectivity index (χ1v) is 11.4. The lowest BCUT2D eigenvalue weighted by molar-refractivity contribution is 0.0711. The molecule has 5 nitrogen and oxygen atoms in total. The molecule has 1 unspecified atom stereocenters. The number of nitrogens with one attached hydrogen (secondary N) is 2. The van der Waals surface area contributed by atoms with E-state index >= 15 is 0 Å². The Hall–Kier alpha value is -2.22. The monoisotopic (exact) mass is 462 g/mol. The first kappa shape index (κ1) is 23.4. The summed E-state index contributed by atoms with van der Waals surface area (Å²) in [6.45, 7) is 1.44. The van der Waals surface area contributed by atoms with E-state index in [0.717, 1.165) is 41.6 Å². The molecular weight excluding hydrogens is 435 g/mol. The van der Waals surface area contributed by atoms with E-state index in [9.17, 15) is 9.18 Å². The second-order valence-corrected chi connectivity index (χ2v) is 9.56. The van der Waals surface area contributed by atoms with Gasteiger partial charge in [0.25, 0.3) is 5.91 Å². The predicted octanol–water partition coefficient (Wildman–Crippen LogP) is 4.22. The molecular formula is C23H28ClFN4OS. The van der Waals surface area contributed by atoms with Gasteiger partial charge in [-0.05, 0) is 57.1 Å². The highest BCUT2D eigenvalue weighted by Gasteiger charge is 2.26. The first-order chi connectivity index (χ1) is 14.8. The van der Waals surface area contributed by atoms with E-state index in [1.165, 1.54) is 23.5 Å². The Kier molecular flexibility index (Phi) is 7.86. The maximum absolute atomic E-state index is 13.7. The van der Waals surface area contributed by atoms with E-state index in [2.05, 4.69) is 5.32 Å². The van der Waals surface area contributed by atoms with Crippen LogP contribution in [-0.4, -0.2) is 62.2 Å². The zero-order valence-electron chi connectivity index (χ0n) is 18.0. The highest BCUT2D eigenvalue weighted by molar-refractivity contribution is 7.14. The highest BCUT2D eigenvalue weighted by Crippen LogP contribution is 2.33. The number of hydrogen-bond donors (Lipinski definition) is 2. The molecule has 0 fully saturated rings. The molecule has 0 spiro atoms. The maximum atomic E-state index is 13.7. The van der Waals surface area contributed by atoms with E-state index in [1.54, 1.807) is 18.0 Å². The van der Waals surface area contributed by atoms with Gasteiger partial charge in [0.2, 0.25) is 0 Å². The largest absolute Gasteiger partial charge is 0.383 e. The minimum absolute atomic E-state index is 0.0633. The number of fused-ring (bicyclic) bond motifs is 1. The molecule has 2 N–H and O–H groups in total. The van der Waals surface area contributed by atoms with Gasteiger partial charge < -0.3 is 20.5 Å². The second kappa shape index (κ2) is 10.4. The fourth-order valence-electron chi connectivity index (χ4n) is 3.80. The van der Waals surface area contributed by atoms with Gasteiger partial charge in [-0.3, -0.25) is 4.79 Å². The van der Waals surface area contributed by atoms with Crippen LogP contribution < -0.4 is 5.32 Å². The number of thiophene rings is 1. The van der Waals surface area contributed by atoms with Crippen LogP contribution in [0.5, 0.6) is 0 Å². The van der Waals surface area contributed by atoms with Crippen LogP contribution in [-0.2, 0) is 12.8 Å². The summed E-state index contributed by atoms with van der Waals surface area (Å²) >= 11 is 7.74. The molecule has 8 heteroatoms. The first-order valence-electron chi connectivity index (χ1n) is 10.2. The predicted molar refractivity (Wildman–Crippen MR) is 127 cm³/mol. The lowest BCUT2D eigenvalue weighted by Crippen LogP contribution is -2.44. The SMILES string of the molecule is CN(C)CC(Cc1cccc(F)c1)N(C)C(=O)c1cc2c(s1)CCCN/C2=C(/Cl)C=N. The van der Waals surface area contributed by atoms with Crippen molar-refractivity contribution in [3.8, 4) is 0 Å². The number of benzene rings is 1. The van der Waals surface area contributed by atoms with Crippen molar-refractivity contribution in [3.63, 3.8) is 0 Å². The van der Waals surface area contributed by atoms with Gasteiger partial charge in [-0.2, -0.15) is 0 Å². The minimum atomic E-state index is -0.271. The molecule has 1 aromatic heterocycles. The van der Waals surface area contributed by atoms with E-state index in [-0.39, 0.29) is 17.8 Å². The lowest BCUT2D eigenvalue weighted by Gasteiger charge is -2.30. The van der Waals surface area contributed by atoms with Gasteiger partial charge in [0, 0.05) is 42.8 Å². The van der Waals surface area contributed by atoms with E-state index in [0.29, 0.717) is 28.6 Å². The molecule has 1 aliphatic heterocycles. The molecule has 0 aliphatic carbocycles. The van der Waals surface area contributed by atoms with Crippen LogP contribution in [0.2, 0.25) is 0 Å². The van der Waals surface area contributed by atoms with Crippen molar-refractivity contribution in [1.82, 2.24) is 15.1 Å². The van der Waals surface area contributed by atoms with Crippen molar-refractivity contribution < 1.29 is 9.18 Å². The molecule has 2 heterocycles. The molecule has 3 rings (SSSR count). The Balaban J connectivity index is 1.88. The van der Waals surface area contributed by atoms with Crippen LogP contribution in [0.4, 0.5) is 4.39 Å². The van der Waals surface area contributed by atoms with Gasteiger partial charge in [-0.25, -0.2) is 4.39 Å². The Bertz CT molecular complexity index is 988. The number of likely N-dealkylation sites (N-methyl/N-ethyl adjacent to an activating group) is 2. The molecule has 0 bridgehead atoms. The van der Waals surface area contributed by atoms with Crippen LogP contribution in [0.1, 0.15) is 32.1 Å². The average Bonchev–Trinajstić information content (AvgIpc) is 3.05. The number of halogens is 2. The Labute approximate surface area is 192 Å². The third kappa shape index (κ3) is 5.73. The van der Waals surface area contributed by atoms with Crippen LogP contribution >= 0.6 is 22.9 Å². The fourth-order valence-corrected chi connectivity index (χ4v) is 5.15. The summed E-state index contributed by atoms with van der Waals surface area (Å²) in [7, 11) is 5.74. The van der Waals surface area contributed by atoms with Crippen molar-refractivity contribution in [2.45, 2.75) is 25.3 Å². The van der Waals surface area contributed by atoms with Crippen LogP contribution in [0.3, 0.4) is 0 Å². The summed E-state index contributed by atoms with van der Waals surface area (Å²) in [6.07, 6.45) is 3.48. The number of amides is 1. The highest BCUT2D eigenvalue weighted by atomic mass is 35.5. The van der Waals surface area contributed by atoms with Crippen LogP contribution in [0.15, 0.2) is 35.4 Å². The summed E-state index contributed by atoms with van der Waals surface area (Å²) in [4.78, 5) is 18.9. The van der Waals surface area contributed by atoms with Crippen molar-refractivity contribution >= 4 is 40.8 Å². The summed E-state index contributed by atoms with van der Waals surface area (Å²) in [5, 5.41) is 11.1. The van der Waals surface area contributed by atoms with Crippen LogP contribution in [0.25, 0.3) is 5.70 Å². The number of nitrogens with zero attached hydrogens (tertiary/aromatic N) is 2. The fraction of sp³-hybridized carbons (Fsp3) is 0.391. The lowest BCUT2D eigenvalue weighted by atomic mass is 10.0. The summed E-state index contributed by atoms with van der Waals surface area (Å²) in [6, 6.07) is 8.31. The molecule has 0 saturated carbocycles. The minimum Gasteiger partial charge on any atom is -0.383 e. The van der Waals surface area contributed by atoms with Gasteiger partial charge in [0.15, 0.2) is 0 Å². The Morgan fingerprint density at radius 1 is 1.35 bits per heavy atom. The van der Waals surface area contributed by atoms with Crippen molar-refractivity contribution in [2.24, 2.45) is 0 Å². The number of allylic oxidation sites excluding steroid dienone is 1. The van der Waals surface area contributed by atoms with Crippen LogP contribution in [0, 0.1) is 11.2 Å². The molecule has 0 radical (unpaired) electrons. The third-order valence-electron chi connectivity index (χ3n) is 5.34. The topological polar surface area (TPSA) is 59.4 Å². The molecule has 166 valence electrons. The zero-order chi connectivity index (χ0) is 22.5. The number of aryl methyl sites for hydroxylation is 1. The van der Waals surface area contributed by atoms with Gasteiger partial charge in [0.1, 0.15) is 5.82 Å². The quantitative estimate of drug-likeness (QED) is 0.605. The molecule has 1 aromatic carbocycles. The number of carbonyl (C=O) groups is 1. The van der Waals surface area contributed by atoms with E-state index in [1.807, 2.05) is 31.1 Å². The number of rotatable bonds is 7. The Morgan fingerprint density at radius 2 is 2.13 bits per heavy atom. The summed E-state index contributed by atoms with van der Waals surface area (Å²) in [5.74, 6) is -0.335. The summed E-state index contributed by atoms with van der Waals surface area (Å²) < 4.78 is 13.7. The van der Waals surface area contributed by atoms with Gasteiger partial charge >= 0.3 is 0 Å². The zero-order valence-corrected chi connectivity index (χ0v) is 19.6. The van der Waals surface area contributed by atoms with Gasteiger partial charge in [0.05, 0.1) is 15.6 Å². The molecule has 2 aromatic rings. The average molecular weight is 463 g/mol. The van der Waals surface area contributed by atoms with Crippen molar-refractivity contribution in [2.75, 3.05) is 34.2 Å². The third-order valence-corrected chi connectivity index (χ3v) is 6.82. The van der Waals surface area contributed by atoms with Gasteiger partial charge in [-0.15, -0.1) is 11.3 Å². The van der Waals surface area contributed by atoms with Gasteiger partial charge in [-0.1, -0.05) is 23.7 Å². The maximum Gasteiger partial charge on any atom is 0.263 e. The molecule has 1 atom stereocenters.